The molecule has 1 N–H and O–H groups in total. The van der Waals surface area contributed by atoms with Crippen molar-refractivity contribution in [2.24, 2.45) is 0 Å². The second-order valence-corrected chi connectivity index (χ2v) is 5.72. The van der Waals surface area contributed by atoms with Crippen molar-refractivity contribution in [1.82, 2.24) is 9.55 Å². The summed E-state index contributed by atoms with van der Waals surface area (Å²) < 4.78 is 2.29. The zero-order valence-electron chi connectivity index (χ0n) is 12.3. The summed E-state index contributed by atoms with van der Waals surface area (Å²) in [4.78, 5) is 4.77. The highest BCUT2D eigenvalue weighted by Gasteiger charge is 2.13. The van der Waals surface area contributed by atoms with Crippen molar-refractivity contribution >= 4 is 11.0 Å². The van der Waals surface area contributed by atoms with E-state index in [1.807, 2.05) is 0 Å². The summed E-state index contributed by atoms with van der Waals surface area (Å²) in [6.45, 7) is 8.99. The molecule has 2 rings (SSSR count). The third-order valence-corrected chi connectivity index (χ3v) is 3.53. The predicted molar refractivity (Wildman–Crippen MR) is 79.6 cm³/mol. The molecule has 0 bridgehead atoms. The Balaban J connectivity index is 2.52. The number of fused-ring (bicyclic) bond motifs is 1. The Morgan fingerprint density at radius 3 is 2.53 bits per heavy atom. The van der Waals surface area contributed by atoms with Crippen molar-refractivity contribution in [1.29, 1.82) is 0 Å². The molecule has 1 aromatic carbocycles. The largest absolute Gasteiger partial charge is 0.396 e. The first-order valence-corrected chi connectivity index (χ1v) is 7.16. The van der Waals surface area contributed by atoms with Gasteiger partial charge in [-0.2, -0.15) is 0 Å². The van der Waals surface area contributed by atoms with Gasteiger partial charge in [0, 0.05) is 19.1 Å². The molecule has 0 saturated heterocycles. The quantitative estimate of drug-likeness (QED) is 0.890. The Hall–Kier alpha value is -1.35. The van der Waals surface area contributed by atoms with E-state index in [0.29, 0.717) is 12.0 Å². The number of nitrogens with zero attached hydrogens (tertiary/aromatic N) is 2. The average molecular weight is 260 g/mol. The normalized spacial score (nSPS) is 11.9. The Labute approximate surface area is 115 Å². The topological polar surface area (TPSA) is 38.1 Å². The number of benzene rings is 1. The van der Waals surface area contributed by atoms with Crippen molar-refractivity contribution in [3.63, 3.8) is 0 Å². The summed E-state index contributed by atoms with van der Waals surface area (Å²) in [7, 11) is 0. The van der Waals surface area contributed by atoms with Crippen molar-refractivity contribution in [2.45, 2.75) is 52.5 Å². The van der Waals surface area contributed by atoms with Crippen LogP contribution >= 0.6 is 0 Å². The molecule has 0 fully saturated rings. The number of hydrogen-bond donors (Lipinski definition) is 1. The fourth-order valence-electron chi connectivity index (χ4n) is 2.51. The summed E-state index contributed by atoms with van der Waals surface area (Å²) in [6.07, 6.45) is 1.60. The smallest absolute Gasteiger partial charge is 0.110 e. The van der Waals surface area contributed by atoms with E-state index >= 15 is 0 Å². The summed E-state index contributed by atoms with van der Waals surface area (Å²) in [6, 6.07) is 6.97. The van der Waals surface area contributed by atoms with Gasteiger partial charge in [-0.25, -0.2) is 4.98 Å². The molecule has 0 amide bonds. The third-order valence-electron chi connectivity index (χ3n) is 3.53. The second kappa shape index (κ2) is 5.74. The molecule has 3 nitrogen and oxygen atoms in total. The lowest BCUT2D eigenvalue weighted by atomic mass is 10.0. The molecule has 0 saturated carbocycles. The molecular formula is C16H24N2O. The molecule has 3 heteroatoms. The number of imidazole rings is 1. The van der Waals surface area contributed by atoms with Crippen molar-refractivity contribution in [3.05, 3.63) is 29.6 Å². The van der Waals surface area contributed by atoms with Gasteiger partial charge < -0.3 is 9.67 Å². The van der Waals surface area contributed by atoms with Gasteiger partial charge in [0.15, 0.2) is 0 Å². The number of aryl methyl sites for hydroxylation is 1. The fraction of sp³-hybridized carbons (Fsp3) is 0.562. The van der Waals surface area contributed by atoms with Crippen LogP contribution < -0.4 is 0 Å². The van der Waals surface area contributed by atoms with Crippen LogP contribution in [0.4, 0.5) is 0 Å². The fourth-order valence-corrected chi connectivity index (χ4v) is 2.51. The van der Waals surface area contributed by atoms with E-state index in [1.165, 1.54) is 11.1 Å². The standard InChI is InChI=1S/C16H24N2O/c1-11(2)13-7-8-15-14(10-13)17-16(6-5-9-19)18(15)12(3)4/h7-8,10-12,19H,5-6,9H2,1-4H3. The first kappa shape index (κ1) is 14.1. The average Bonchev–Trinajstić information content (AvgIpc) is 2.73. The van der Waals surface area contributed by atoms with Gasteiger partial charge in [0.1, 0.15) is 5.82 Å². The van der Waals surface area contributed by atoms with E-state index in [4.69, 9.17) is 10.1 Å². The van der Waals surface area contributed by atoms with Gasteiger partial charge in [-0.1, -0.05) is 19.9 Å². The number of hydrogen-bond acceptors (Lipinski definition) is 2. The molecule has 2 aromatic rings. The van der Waals surface area contributed by atoms with E-state index in [9.17, 15) is 0 Å². The second-order valence-electron chi connectivity index (χ2n) is 5.72. The lowest BCUT2D eigenvalue weighted by Crippen LogP contribution is -2.07. The molecule has 0 aliphatic heterocycles. The van der Waals surface area contributed by atoms with E-state index in [-0.39, 0.29) is 6.61 Å². The van der Waals surface area contributed by atoms with Gasteiger partial charge in [-0.3, -0.25) is 0 Å². The molecule has 0 aliphatic rings. The SMILES string of the molecule is CC(C)c1ccc2c(c1)nc(CCCO)n2C(C)C. The van der Waals surface area contributed by atoms with Crippen LogP contribution in [0.1, 0.15) is 57.5 Å². The van der Waals surface area contributed by atoms with Crippen LogP contribution in [0.15, 0.2) is 18.2 Å². The van der Waals surface area contributed by atoms with Gasteiger partial charge in [-0.15, -0.1) is 0 Å². The summed E-state index contributed by atoms with van der Waals surface area (Å²) >= 11 is 0. The van der Waals surface area contributed by atoms with Gasteiger partial charge in [0.25, 0.3) is 0 Å². The van der Waals surface area contributed by atoms with Crippen LogP contribution in [0.25, 0.3) is 11.0 Å². The highest BCUT2D eigenvalue weighted by Crippen LogP contribution is 2.25. The minimum Gasteiger partial charge on any atom is -0.396 e. The Bertz CT molecular complexity index is 555. The number of aliphatic hydroxyl groups is 1. The summed E-state index contributed by atoms with van der Waals surface area (Å²) in [5.74, 6) is 1.61. The lowest BCUT2D eigenvalue weighted by Gasteiger charge is -2.13. The van der Waals surface area contributed by atoms with Crippen molar-refractivity contribution in [3.8, 4) is 0 Å². The van der Waals surface area contributed by atoms with Crippen LogP contribution in [-0.4, -0.2) is 21.3 Å². The van der Waals surface area contributed by atoms with Crippen LogP contribution in [0.2, 0.25) is 0 Å². The molecule has 0 aliphatic carbocycles. The zero-order chi connectivity index (χ0) is 14.0. The molecule has 104 valence electrons. The molecule has 1 aromatic heterocycles. The maximum absolute atomic E-state index is 9.01. The maximum Gasteiger partial charge on any atom is 0.110 e. The third kappa shape index (κ3) is 2.81. The highest BCUT2D eigenvalue weighted by atomic mass is 16.2. The van der Waals surface area contributed by atoms with Crippen molar-refractivity contribution in [2.75, 3.05) is 6.61 Å². The van der Waals surface area contributed by atoms with Crippen molar-refractivity contribution < 1.29 is 5.11 Å². The van der Waals surface area contributed by atoms with E-state index in [2.05, 4.69) is 50.5 Å². The Kier molecular flexibility index (Phi) is 4.25. The minimum atomic E-state index is 0.221. The van der Waals surface area contributed by atoms with Crippen LogP contribution in [-0.2, 0) is 6.42 Å². The Morgan fingerprint density at radius 1 is 1.21 bits per heavy atom. The lowest BCUT2D eigenvalue weighted by molar-refractivity contribution is 0.286. The molecule has 0 atom stereocenters. The van der Waals surface area contributed by atoms with Crippen LogP contribution in [0.5, 0.6) is 0 Å². The maximum atomic E-state index is 9.01. The van der Waals surface area contributed by atoms with Crippen LogP contribution in [0.3, 0.4) is 0 Å². The van der Waals surface area contributed by atoms with Gasteiger partial charge >= 0.3 is 0 Å². The van der Waals surface area contributed by atoms with E-state index in [0.717, 1.165) is 24.2 Å². The minimum absolute atomic E-state index is 0.221. The van der Waals surface area contributed by atoms with E-state index < -0.39 is 0 Å². The molecule has 0 spiro atoms. The summed E-state index contributed by atoms with van der Waals surface area (Å²) in [5.41, 5.74) is 3.61. The number of aliphatic hydroxyl groups excluding tert-OH is 1. The molecular weight excluding hydrogens is 236 g/mol. The first-order valence-electron chi connectivity index (χ1n) is 7.16. The van der Waals surface area contributed by atoms with E-state index in [1.54, 1.807) is 0 Å². The van der Waals surface area contributed by atoms with Gasteiger partial charge in [-0.05, 0) is 43.9 Å². The van der Waals surface area contributed by atoms with Gasteiger partial charge in [0.2, 0.25) is 0 Å². The predicted octanol–water partition coefficient (Wildman–Crippen LogP) is 3.67. The zero-order valence-corrected chi connectivity index (χ0v) is 12.3. The highest BCUT2D eigenvalue weighted by molar-refractivity contribution is 5.77. The monoisotopic (exact) mass is 260 g/mol. The number of aromatic nitrogens is 2. The Morgan fingerprint density at radius 2 is 1.95 bits per heavy atom. The number of rotatable bonds is 5. The first-order chi connectivity index (χ1) is 9.04. The summed E-state index contributed by atoms with van der Waals surface area (Å²) in [5, 5.41) is 9.01. The molecule has 0 unspecified atom stereocenters. The molecule has 0 radical (unpaired) electrons. The molecule has 1 heterocycles. The van der Waals surface area contributed by atoms with Crippen LogP contribution in [0, 0.1) is 0 Å². The van der Waals surface area contributed by atoms with Gasteiger partial charge in [0.05, 0.1) is 11.0 Å². The molecule has 19 heavy (non-hydrogen) atoms.